The molecule has 1 amide bonds. The maximum atomic E-state index is 13.0. The van der Waals surface area contributed by atoms with E-state index in [1.807, 2.05) is 39.8 Å². The summed E-state index contributed by atoms with van der Waals surface area (Å²) in [7, 11) is 0. The van der Waals surface area contributed by atoms with Gasteiger partial charge in [0.25, 0.3) is 5.95 Å². The zero-order valence-electron chi connectivity index (χ0n) is 21.0. The van der Waals surface area contributed by atoms with E-state index in [0.29, 0.717) is 18.9 Å². The second-order valence-electron chi connectivity index (χ2n) is 9.64. The monoisotopic (exact) mass is 460 g/mol. The van der Waals surface area contributed by atoms with Gasteiger partial charge in [-0.25, -0.2) is 14.6 Å². The van der Waals surface area contributed by atoms with Crippen molar-refractivity contribution in [2.24, 2.45) is 5.92 Å². The Morgan fingerprint density at radius 1 is 1.06 bits per heavy atom. The number of piperidine rings is 1. The molecular weight excluding hydrogens is 424 g/mol. The Morgan fingerprint density at radius 3 is 2.35 bits per heavy atom. The molecule has 0 bridgehead atoms. The van der Waals surface area contributed by atoms with Crippen LogP contribution in [-0.2, 0) is 11.2 Å². The number of benzene rings is 1. The normalized spacial score (nSPS) is 15.9. The minimum Gasteiger partial charge on any atom is -0.354 e. The van der Waals surface area contributed by atoms with Gasteiger partial charge < -0.3 is 5.32 Å². The molecule has 0 saturated carbocycles. The van der Waals surface area contributed by atoms with E-state index in [4.69, 9.17) is 0 Å². The fourth-order valence-electron chi connectivity index (χ4n) is 4.83. The molecule has 0 radical (unpaired) electrons. The van der Waals surface area contributed by atoms with Crippen molar-refractivity contribution in [3.05, 3.63) is 70.3 Å². The molecule has 2 aromatic heterocycles. The third-order valence-corrected chi connectivity index (χ3v) is 6.87. The number of aryl methyl sites for hydroxylation is 3. The van der Waals surface area contributed by atoms with Gasteiger partial charge in [-0.05, 0) is 71.2 Å². The van der Waals surface area contributed by atoms with Crippen LogP contribution in [0.1, 0.15) is 59.7 Å². The smallest absolute Gasteiger partial charge is 0.251 e. The Kier molecular flexibility index (Phi) is 7.41. The molecular formula is C27H36N6O. The molecule has 1 aliphatic heterocycles. The van der Waals surface area contributed by atoms with Crippen molar-refractivity contribution in [1.29, 1.82) is 0 Å². The predicted molar refractivity (Wildman–Crippen MR) is 134 cm³/mol. The van der Waals surface area contributed by atoms with Gasteiger partial charge in [-0.2, -0.15) is 5.10 Å². The second kappa shape index (κ2) is 10.5. The standard InChI is InChI=1S/C27H36N6O/c1-18-11-13-32(14-12-18)25(23-9-7-6-8-10-23)17-28-26(34)16-24-21(4)31-33(22(24)5)27-29-19(2)15-20(3)30-27/h6-10,15,18,25H,11-14,16-17H2,1-5H3,(H,28,34). The fraction of sp³-hybridized carbons (Fsp3) is 0.481. The molecule has 0 aliphatic carbocycles. The van der Waals surface area contributed by atoms with Crippen molar-refractivity contribution in [3.63, 3.8) is 0 Å². The number of nitrogens with one attached hydrogen (secondary N) is 1. The number of amides is 1. The first kappa shape index (κ1) is 24.1. The van der Waals surface area contributed by atoms with Crippen LogP contribution in [0.4, 0.5) is 0 Å². The van der Waals surface area contributed by atoms with Crippen molar-refractivity contribution < 1.29 is 4.79 Å². The molecule has 180 valence electrons. The number of rotatable bonds is 7. The highest BCUT2D eigenvalue weighted by atomic mass is 16.1. The Bertz CT molecular complexity index is 1110. The van der Waals surface area contributed by atoms with E-state index >= 15 is 0 Å². The zero-order chi connectivity index (χ0) is 24.2. The number of nitrogens with zero attached hydrogens (tertiary/aromatic N) is 5. The van der Waals surface area contributed by atoms with E-state index in [2.05, 4.69) is 56.5 Å². The minimum atomic E-state index is 0.0124. The summed E-state index contributed by atoms with van der Waals surface area (Å²) in [4.78, 5) is 24.6. The molecule has 1 aliphatic rings. The van der Waals surface area contributed by atoms with Crippen molar-refractivity contribution in [3.8, 4) is 5.95 Å². The van der Waals surface area contributed by atoms with Crippen LogP contribution in [0.5, 0.6) is 0 Å². The summed E-state index contributed by atoms with van der Waals surface area (Å²) in [5.41, 5.74) is 5.72. The van der Waals surface area contributed by atoms with Gasteiger partial charge in [0.05, 0.1) is 18.2 Å². The van der Waals surface area contributed by atoms with Crippen LogP contribution >= 0.6 is 0 Å². The Morgan fingerprint density at radius 2 is 1.71 bits per heavy atom. The molecule has 1 N–H and O–H groups in total. The number of likely N-dealkylation sites (tertiary alicyclic amines) is 1. The van der Waals surface area contributed by atoms with E-state index in [9.17, 15) is 4.79 Å². The average molecular weight is 461 g/mol. The molecule has 4 rings (SSSR count). The van der Waals surface area contributed by atoms with Gasteiger partial charge in [0.2, 0.25) is 5.91 Å². The third-order valence-electron chi connectivity index (χ3n) is 6.87. The van der Waals surface area contributed by atoms with Crippen molar-refractivity contribution in [2.75, 3.05) is 19.6 Å². The molecule has 1 aromatic carbocycles. The summed E-state index contributed by atoms with van der Waals surface area (Å²) in [6, 6.07) is 12.6. The highest BCUT2D eigenvalue weighted by Gasteiger charge is 2.25. The SMILES string of the molecule is Cc1cc(C)nc(-n2nc(C)c(CC(=O)NCC(c3ccccc3)N3CCC(C)CC3)c2C)n1. The molecule has 3 heterocycles. The summed E-state index contributed by atoms with van der Waals surface area (Å²) in [6.07, 6.45) is 2.70. The molecule has 7 nitrogen and oxygen atoms in total. The number of hydrogen-bond donors (Lipinski definition) is 1. The lowest BCUT2D eigenvalue weighted by molar-refractivity contribution is -0.120. The lowest BCUT2D eigenvalue weighted by Crippen LogP contribution is -2.42. The summed E-state index contributed by atoms with van der Waals surface area (Å²) in [5.74, 6) is 1.33. The van der Waals surface area contributed by atoms with E-state index < -0.39 is 0 Å². The van der Waals surface area contributed by atoms with Crippen molar-refractivity contribution in [2.45, 2.75) is 59.9 Å². The van der Waals surface area contributed by atoms with Crippen molar-refractivity contribution in [1.82, 2.24) is 30.0 Å². The molecule has 3 aromatic rings. The highest BCUT2D eigenvalue weighted by Crippen LogP contribution is 2.26. The maximum absolute atomic E-state index is 13.0. The molecule has 7 heteroatoms. The van der Waals surface area contributed by atoms with Gasteiger partial charge in [0, 0.05) is 29.2 Å². The van der Waals surface area contributed by atoms with Gasteiger partial charge in [-0.15, -0.1) is 0 Å². The first-order chi connectivity index (χ1) is 16.3. The van der Waals surface area contributed by atoms with Crippen LogP contribution in [0.25, 0.3) is 5.95 Å². The number of carbonyl (C=O) groups excluding carboxylic acids is 1. The molecule has 1 atom stereocenters. The molecule has 1 fully saturated rings. The Balaban J connectivity index is 1.47. The van der Waals surface area contributed by atoms with Gasteiger partial charge in [0.15, 0.2) is 0 Å². The van der Waals surface area contributed by atoms with Crippen LogP contribution in [0.2, 0.25) is 0 Å². The molecule has 0 spiro atoms. The van der Waals surface area contributed by atoms with Crippen LogP contribution < -0.4 is 5.32 Å². The summed E-state index contributed by atoms with van der Waals surface area (Å²) in [5, 5.41) is 7.85. The van der Waals surface area contributed by atoms with E-state index in [1.54, 1.807) is 4.68 Å². The quantitative estimate of drug-likeness (QED) is 0.576. The zero-order valence-corrected chi connectivity index (χ0v) is 21.0. The molecule has 1 unspecified atom stereocenters. The minimum absolute atomic E-state index is 0.0124. The van der Waals surface area contributed by atoms with E-state index in [0.717, 1.165) is 47.3 Å². The van der Waals surface area contributed by atoms with E-state index in [1.165, 1.54) is 18.4 Å². The number of aromatic nitrogens is 4. The number of hydrogen-bond acceptors (Lipinski definition) is 5. The topological polar surface area (TPSA) is 75.9 Å². The molecule has 1 saturated heterocycles. The average Bonchev–Trinajstić information content (AvgIpc) is 3.09. The van der Waals surface area contributed by atoms with Crippen LogP contribution in [0.3, 0.4) is 0 Å². The van der Waals surface area contributed by atoms with Crippen LogP contribution in [0.15, 0.2) is 36.4 Å². The van der Waals surface area contributed by atoms with E-state index in [-0.39, 0.29) is 11.9 Å². The summed E-state index contributed by atoms with van der Waals surface area (Å²) >= 11 is 0. The lowest BCUT2D eigenvalue weighted by Gasteiger charge is -2.37. The van der Waals surface area contributed by atoms with Gasteiger partial charge in [-0.1, -0.05) is 37.3 Å². The summed E-state index contributed by atoms with van der Waals surface area (Å²) in [6.45, 7) is 12.9. The Hall–Kier alpha value is -3.06. The van der Waals surface area contributed by atoms with Gasteiger partial charge in [-0.3, -0.25) is 9.69 Å². The molecule has 34 heavy (non-hydrogen) atoms. The van der Waals surface area contributed by atoms with Crippen LogP contribution in [-0.4, -0.2) is 50.2 Å². The third kappa shape index (κ3) is 5.53. The van der Waals surface area contributed by atoms with Crippen molar-refractivity contribution >= 4 is 5.91 Å². The first-order valence-electron chi connectivity index (χ1n) is 12.2. The predicted octanol–water partition coefficient (Wildman–Crippen LogP) is 4.03. The first-order valence-corrected chi connectivity index (χ1v) is 12.2. The van der Waals surface area contributed by atoms with Crippen LogP contribution in [0, 0.1) is 33.6 Å². The maximum Gasteiger partial charge on any atom is 0.251 e. The fourth-order valence-corrected chi connectivity index (χ4v) is 4.83. The highest BCUT2D eigenvalue weighted by molar-refractivity contribution is 5.79. The summed E-state index contributed by atoms with van der Waals surface area (Å²) < 4.78 is 1.75. The Labute approximate surface area is 202 Å². The van der Waals surface area contributed by atoms with Gasteiger partial charge in [0.1, 0.15) is 0 Å². The second-order valence-corrected chi connectivity index (χ2v) is 9.64. The largest absolute Gasteiger partial charge is 0.354 e. The lowest BCUT2D eigenvalue weighted by atomic mass is 9.95. The van der Waals surface area contributed by atoms with Gasteiger partial charge >= 0.3 is 0 Å². The number of carbonyl (C=O) groups is 1.